The van der Waals surface area contributed by atoms with Gasteiger partial charge in [-0.1, -0.05) is 0 Å². The van der Waals surface area contributed by atoms with E-state index in [4.69, 9.17) is 0 Å². The van der Waals surface area contributed by atoms with E-state index in [1.165, 1.54) is 5.75 Å². The largest absolute Gasteiger partial charge is 0.411 e. The summed E-state index contributed by atoms with van der Waals surface area (Å²) in [6.45, 7) is -0.220. The third kappa shape index (κ3) is 7.03. The monoisotopic (exact) mass is 243 g/mol. The third-order valence-electron chi connectivity index (χ3n) is 2.09. The van der Waals surface area contributed by atoms with Gasteiger partial charge in [-0.15, -0.1) is 0 Å². The molecule has 15 heavy (non-hydrogen) atoms. The first-order valence-corrected chi connectivity index (χ1v) is 6.19. The van der Waals surface area contributed by atoms with Gasteiger partial charge in [-0.3, -0.25) is 0 Å². The molecule has 90 valence electrons. The lowest BCUT2D eigenvalue weighted by atomic mass is 10.2. The van der Waals surface area contributed by atoms with Crippen LogP contribution in [0.25, 0.3) is 0 Å². The molecule has 6 heteroatoms. The number of halogens is 3. The van der Waals surface area contributed by atoms with Crippen LogP contribution in [0.15, 0.2) is 0 Å². The van der Waals surface area contributed by atoms with Crippen LogP contribution in [0.4, 0.5) is 13.2 Å². The fraction of sp³-hybridized carbons (Fsp3) is 1.00. The third-order valence-corrected chi connectivity index (χ3v) is 3.26. The molecule has 0 amide bonds. The van der Waals surface area contributed by atoms with Crippen LogP contribution < -0.4 is 5.32 Å². The summed E-state index contributed by atoms with van der Waals surface area (Å²) in [6.07, 6.45) is -2.40. The predicted molar refractivity (Wildman–Crippen MR) is 55.2 cm³/mol. The van der Waals surface area contributed by atoms with Crippen LogP contribution in [0.3, 0.4) is 0 Å². The van der Waals surface area contributed by atoms with Crippen molar-refractivity contribution in [3.05, 3.63) is 0 Å². The van der Waals surface area contributed by atoms with Gasteiger partial charge in [0, 0.05) is 18.4 Å². The number of rotatable bonds is 6. The van der Waals surface area contributed by atoms with E-state index in [9.17, 15) is 13.2 Å². The molecule has 0 aromatic heterocycles. The highest BCUT2D eigenvalue weighted by molar-refractivity contribution is 7.99. The summed E-state index contributed by atoms with van der Waals surface area (Å²) in [7, 11) is 0. The van der Waals surface area contributed by atoms with Crippen LogP contribution in [-0.4, -0.2) is 43.5 Å². The fourth-order valence-corrected chi connectivity index (χ4v) is 2.55. The van der Waals surface area contributed by atoms with Gasteiger partial charge in [0.1, 0.15) is 6.61 Å². The molecule has 1 unspecified atom stereocenters. The van der Waals surface area contributed by atoms with Crippen molar-refractivity contribution in [1.29, 1.82) is 0 Å². The summed E-state index contributed by atoms with van der Waals surface area (Å²) < 4.78 is 39.5. The Kier molecular flexibility index (Phi) is 5.78. The number of alkyl halides is 3. The standard InChI is InChI=1S/C9H16F3NOS/c10-9(11,12)7-14-4-1-3-13-8-2-5-15-6-8/h8,13H,1-7H2. The second-order valence-electron chi connectivity index (χ2n) is 3.54. The van der Waals surface area contributed by atoms with E-state index < -0.39 is 12.8 Å². The van der Waals surface area contributed by atoms with Crippen LogP contribution in [0.5, 0.6) is 0 Å². The molecule has 1 atom stereocenters. The number of ether oxygens (including phenoxy) is 1. The summed E-state index contributed by atoms with van der Waals surface area (Å²) in [5.74, 6) is 2.30. The smallest absolute Gasteiger partial charge is 0.372 e. The molecule has 0 aromatic rings. The summed E-state index contributed by atoms with van der Waals surface area (Å²) in [4.78, 5) is 0. The number of hydrogen-bond acceptors (Lipinski definition) is 3. The van der Waals surface area contributed by atoms with Gasteiger partial charge in [-0.05, 0) is 25.1 Å². The second-order valence-corrected chi connectivity index (χ2v) is 4.69. The van der Waals surface area contributed by atoms with Gasteiger partial charge in [0.25, 0.3) is 0 Å². The van der Waals surface area contributed by atoms with Gasteiger partial charge in [0.05, 0.1) is 0 Å². The molecule has 0 bridgehead atoms. The summed E-state index contributed by atoms with van der Waals surface area (Å²) in [6, 6.07) is 0.539. The van der Waals surface area contributed by atoms with Crippen molar-refractivity contribution < 1.29 is 17.9 Å². The molecule has 0 radical (unpaired) electrons. The lowest BCUT2D eigenvalue weighted by Gasteiger charge is -2.11. The Hall–Kier alpha value is 0.0600. The van der Waals surface area contributed by atoms with Gasteiger partial charge in [-0.2, -0.15) is 24.9 Å². The van der Waals surface area contributed by atoms with Crippen molar-refractivity contribution in [3.63, 3.8) is 0 Å². The molecule has 1 saturated heterocycles. The molecule has 0 aliphatic carbocycles. The van der Waals surface area contributed by atoms with Gasteiger partial charge < -0.3 is 10.1 Å². The Morgan fingerprint density at radius 2 is 2.20 bits per heavy atom. The molecule has 1 fully saturated rings. The molecule has 1 aliphatic heterocycles. The SMILES string of the molecule is FC(F)(F)COCCCNC1CCSC1. The van der Waals surface area contributed by atoms with Crippen LogP contribution >= 0.6 is 11.8 Å². The van der Waals surface area contributed by atoms with Crippen molar-refractivity contribution in [3.8, 4) is 0 Å². The summed E-state index contributed by atoms with van der Waals surface area (Å²) in [5.41, 5.74) is 0. The number of nitrogens with one attached hydrogen (secondary N) is 1. The summed E-state index contributed by atoms with van der Waals surface area (Å²) in [5, 5.41) is 3.30. The average molecular weight is 243 g/mol. The maximum absolute atomic E-state index is 11.7. The average Bonchev–Trinajstić information content (AvgIpc) is 2.61. The Morgan fingerprint density at radius 3 is 2.80 bits per heavy atom. The Morgan fingerprint density at radius 1 is 1.40 bits per heavy atom. The lowest BCUT2D eigenvalue weighted by molar-refractivity contribution is -0.173. The van der Waals surface area contributed by atoms with Crippen LogP contribution in [0.1, 0.15) is 12.8 Å². The van der Waals surface area contributed by atoms with Gasteiger partial charge >= 0.3 is 6.18 Å². The van der Waals surface area contributed by atoms with E-state index in [1.807, 2.05) is 11.8 Å². The Labute approximate surface area is 91.9 Å². The highest BCUT2D eigenvalue weighted by Crippen LogP contribution is 2.17. The molecule has 1 aliphatic rings. The molecule has 1 N–H and O–H groups in total. The maximum atomic E-state index is 11.7. The molecular weight excluding hydrogens is 227 g/mol. The van der Waals surface area contributed by atoms with Crippen molar-refractivity contribution >= 4 is 11.8 Å². The minimum absolute atomic E-state index is 0.173. The van der Waals surface area contributed by atoms with E-state index in [0.717, 1.165) is 18.7 Å². The Balaban J connectivity index is 1.84. The highest BCUT2D eigenvalue weighted by Gasteiger charge is 2.27. The van der Waals surface area contributed by atoms with E-state index in [2.05, 4.69) is 10.1 Å². The van der Waals surface area contributed by atoms with Gasteiger partial charge in [0.15, 0.2) is 0 Å². The van der Waals surface area contributed by atoms with Crippen molar-refractivity contribution in [2.45, 2.75) is 25.1 Å². The van der Waals surface area contributed by atoms with E-state index in [0.29, 0.717) is 12.5 Å². The zero-order valence-corrected chi connectivity index (χ0v) is 9.29. The second kappa shape index (κ2) is 6.60. The molecule has 1 rings (SSSR count). The zero-order valence-electron chi connectivity index (χ0n) is 8.48. The first-order chi connectivity index (χ1) is 7.08. The van der Waals surface area contributed by atoms with Crippen LogP contribution in [0.2, 0.25) is 0 Å². The van der Waals surface area contributed by atoms with Crippen molar-refractivity contribution in [1.82, 2.24) is 5.32 Å². The van der Waals surface area contributed by atoms with E-state index in [1.54, 1.807) is 0 Å². The molecular formula is C9H16F3NOS. The highest BCUT2D eigenvalue weighted by atomic mass is 32.2. The first-order valence-electron chi connectivity index (χ1n) is 5.03. The summed E-state index contributed by atoms with van der Waals surface area (Å²) >= 11 is 1.91. The first kappa shape index (κ1) is 13.1. The minimum Gasteiger partial charge on any atom is -0.372 e. The molecule has 1 heterocycles. The zero-order chi connectivity index (χ0) is 11.1. The Bertz CT molecular complexity index is 171. The molecule has 2 nitrogen and oxygen atoms in total. The normalized spacial score (nSPS) is 22.2. The van der Waals surface area contributed by atoms with Crippen LogP contribution in [-0.2, 0) is 4.74 Å². The van der Waals surface area contributed by atoms with E-state index in [-0.39, 0.29) is 6.61 Å². The molecule has 0 aromatic carbocycles. The quantitative estimate of drug-likeness (QED) is 0.721. The topological polar surface area (TPSA) is 21.3 Å². The molecule has 0 spiro atoms. The van der Waals surface area contributed by atoms with Gasteiger partial charge in [-0.25, -0.2) is 0 Å². The van der Waals surface area contributed by atoms with Crippen molar-refractivity contribution in [2.24, 2.45) is 0 Å². The lowest BCUT2D eigenvalue weighted by Crippen LogP contribution is -2.30. The molecule has 0 saturated carbocycles. The van der Waals surface area contributed by atoms with E-state index >= 15 is 0 Å². The minimum atomic E-state index is -4.20. The predicted octanol–water partition coefficient (Wildman–Crippen LogP) is 2.05. The fourth-order valence-electron chi connectivity index (χ4n) is 1.36. The van der Waals surface area contributed by atoms with Gasteiger partial charge in [0.2, 0.25) is 0 Å². The van der Waals surface area contributed by atoms with Crippen molar-refractivity contribution in [2.75, 3.05) is 31.3 Å². The maximum Gasteiger partial charge on any atom is 0.411 e. The number of thioether (sulfide) groups is 1. The van der Waals surface area contributed by atoms with Crippen LogP contribution in [0, 0.1) is 0 Å². The number of hydrogen-bond donors (Lipinski definition) is 1.